The number of carbonyl (C=O) groups is 2. The number of carbonyl (C=O) groups excluding carboxylic acids is 2. The molecule has 0 aliphatic rings. The number of hydrogen-bond donors (Lipinski definition) is 3. The van der Waals surface area contributed by atoms with Crippen LogP contribution in [0.5, 0.6) is 11.6 Å². The highest BCUT2D eigenvalue weighted by atomic mass is 35.5. The van der Waals surface area contributed by atoms with E-state index >= 15 is 0 Å². The van der Waals surface area contributed by atoms with E-state index in [1.807, 2.05) is 37.3 Å². The first-order chi connectivity index (χ1) is 19.8. The van der Waals surface area contributed by atoms with Crippen LogP contribution in [0.4, 0.5) is 22.2 Å². The molecule has 2 aromatic heterocycles. The molecule has 0 bridgehead atoms. The molecule has 0 aliphatic heterocycles. The lowest BCUT2D eigenvalue weighted by Gasteiger charge is -2.14. The summed E-state index contributed by atoms with van der Waals surface area (Å²) < 4.78 is 12.2. The van der Waals surface area contributed by atoms with Crippen molar-refractivity contribution in [1.82, 2.24) is 19.7 Å². The second-order valence-electron chi connectivity index (χ2n) is 8.99. The van der Waals surface area contributed by atoms with Gasteiger partial charge in [0.25, 0.3) is 5.91 Å². The summed E-state index contributed by atoms with van der Waals surface area (Å²) in [6.07, 6.45) is 4.22. The number of amides is 3. The Labute approximate surface area is 247 Å². The first-order valence-corrected chi connectivity index (χ1v) is 13.5. The second-order valence-corrected chi connectivity index (χ2v) is 9.75. The van der Waals surface area contributed by atoms with Gasteiger partial charge in [-0.25, -0.2) is 14.5 Å². The van der Waals surface area contributed by atoms with Crippen LogP contribution in [0.1, 0.15) is 31.0 Å². The average Bonchev–Trinajstić information content (AvgIpc) is 3.34. The highest BCUT2D eigenvalue weighted by Crippen LogP contribution is 2.39. The molecule has 0 radical (unpaired) electrons. The molecule has 0 saturated carbocycles. The van der Waals surface area contributed by atoms with Gasteiger partial charge in [0.1, 0.15) is 23.2 Å². The summed E-state index contributed by atoms with van der Waals surface area (Å²) >= 11 is 12.9. The van der Waals surface area contributed by atoms with Gasteiger partial charge in [-0.3, -0.25) is 15.4 Å². The van der Waals surface area contributed by atoms with Gasteiger partial charge in [-0.2, -0.15) is 10.1 Å². The number of nitrogens with zero attached hydrogens (tertiary/aromatic N) is 4. The quantitative estimate of drug-likeness (QED) is 0.176. The smallest absolute Gasteiger partial charge is 0.324 e. The third-order valence-electron chi connectivity index (χ3n) is 5.73. The van der Waals surface area contributed by atoms with E-state index in [9.17, 15) is 9.59 Å². The number of benzene rings is 2. The van der Waals surface area contributed by atoms with Crippen molar-refractivity contribution in [1.29, 1.82) is 0 Å². The minimum absolute atomic E-state index is 0.0319. The number of rotatable bonds is 11. The maximum absolute atomic E-state index is 13.0. The molecule has 11 nitrogen and oxygen atoms in total. The van der Waals surface area contributed by atoms with Gasteiger partial charge in [0.2, 0.25) is 11.8 Å². The number of unbranched alkanes of at least 4 members (excludes halogenated alkanes) is 1. The molecule has 4 aromatic rings. The summed E-state index contributed by atoms with van der Waals surface area (Å²) in [5.74, 6) is 0.431. The molecule has 13 heteroatoms. The number of nitrogens with one attached hydrogen (secondary N) is 3. The van der Waals surface area contributed by atoms with Crippen molar-refractivity contribution >= 4 is 52.6 Å². The van der Waals surface area contributed by atoms with Crippen molar-refractivity contribution in [2.45, 2.75) is 33.1 Å². The van der Waals surface area contributed by atoms with E-state index in [2.05, 4.69) is 32.8 Å². The lowest BCUT2D eigenvalue weighted by atomic mass is 10.2. The first kappa shape index (κ1) is 29.8. The Morgan fingerprint density at radius 2 is 1.78 bits per heavy atom. The summed E-state index contributed by atoms with van der Waals surface area (Å²) in [7, 11) is 1.40. The van der Waals surface area contributed by atoms with Crippen molar-refractivity contribution in [3.8, 4) is 17.3 Å². The number of anilines is 3. The SMILES string of the molecule is CCCCc1cc(NC(=O)Nc2ccc(Oc3ccnc(NC(=O)COC)n3)c(Cl)c2Cl)n(-c2ccc(C)cc2)n1. The second kappa shape index (κ2) is 13.9. The molecule has 0 unspecified atom stereocenters. The minimum atomic E-state index is -0.529. The number of ether oxygens (including phenoxy) is 2. The molecular weight excluding hydrogens is 569 g/mol. The standard InChI is InChI=1S/C28H29Cl2N7O4/c1-4-5-6-18-15-22(37(36-18)19-9-7-17(2)8-10-19)33-28(39)32-20-11-12-21(26(30)25(20)29)41-24-13-14-31-27(35-24)34-23(38)16-40-3/h7-15H,4-6,16H2,1-3H3,(H2,32,33,39)(H,31,34,35,38). The summed E-state index contributed by atoms with van der Waals surface area (Å²) in [4.78, 5) is 32.8. The predicted octanol–water partition coefficient (Wildman–Crippen LogP) is 6.64. The van der Waals surface area contributed by atoms with E-state index in [-0.39, 0.29) is 39.9 Å². The molecule has 2 aromatic carbocycles. The zero-order chi connectivity index (χ0) is 29.4. The van der Waals surface area contributed by atoms with Crippen LogP contribution in [-0.2, 0) is 16.0 Å². The molecule has 0 fully saturated rings. The molecule has 214 valence electrons. The van der Waals surface area contributed by atoms with Crippen LogP contribution in [0, 0.1) is 6.92 Å². The van der Waals surface area contributed by atoms with Gasteiger partial charge in [0, 0.05) is 25.4 Å². The molecule has 0 aliphatic carbocycles. The largest absolute Gasteiger partial charge is 0.437 e. The van der Waals surface area contributed by atoms with E-state index in [0.717, 1.165) is 36.2 Å². The van der Waals surface area contributed by atoms with E-state index in [1.165, 1.54) is 25.4 Å². The van der Waals surface area contributed by atoms with Gasteiger partial charge in [-0.05, 0) is 44.0 Å². The van der Waals surface area contributed by atoms with Crippen molar-refractivity contribution in [2.75, 3.05) is 29.7 Å². The maximum Gasteiger partial charge on any atom is 0.324 e. The Balaban J connectivity index is 1.48. The monoisotopic (exact) mass is 597 g/mol. The van der Waals surface area contributed by atoms with Crippen molar-refractivity contribution in [3.05, 3.63) is 76.0 Å². The van der Waals surface area contributed by atoms with Gasteiger partial charge in [0.05, 0.1) is 22.1 Å². The molecular formula is C28H29Cl2N7O4. The number of halogens is 2. The third-order valence-corrected chi connectivity index (χ3v) is 6.60. The summed E-state index contributed by atoms with van der Waals surface area (Å²) in [5, 5.41) is 12.9. The Hall–Kier alpha value is -4.19. The van der Waals surface area contributed by atoms with E-state index in [0.29, 0.717) is 5.82 Å². The van der Waals surface area contributed by atoms with Crippen molar-refractivity contribution < 1.29 is 19.1 Å². The number of hydrogen-bond acceptors (Lipinski definition) is 7. The summed E-state index contributed by atoms with van der Waals surface area (Å²) in [6, 6.07) is 13.8. The molecule has 0 saturated heterocycles. The lowest BCUT2D eigenvalue weighted by Crippen LogP contribution is -2.21. The Morgan fingerprint density at radius 1 is 1.00 bits per heavy atom. The van der Waals surface area contributed by atoms with Crippen LogP contribution in [0.2, 0.25) is 10.0 Å². The Bertz CT molecular complexity index is 1530. The minimum Gasteiger partial charge on any atom is -0.437 e. The molecule has 0 spiro atoms. The van der Waals surface area contributed by atoms with Crippen molar-refractivity contribution in [2.24, 2.45) is 0 Å². The predicted molar refractivity (Wildman–Crippen MR) is 159 cm³/mol. The third kappa shape index (κ3) is 7.94. The molecule has 3 amide bonds. The normalized spacial score (nSPS) is 10.8. The molecule has 0 atom stereocenters. The number of methoxy groups -OCH3 is 1. The molecule has 3 N–H and O–H groups in total. The highest BCUT2D eigenvalue weighted by Gasteiger charge is 2.17. The maximum atomic E-state index is 13.0. The van der Waals surface area contributed by atoms with Gasteiger partial charge in [-0.1, -0.05) is 54.2 Å². The molecule has 41 heavy (non-hydrogen) atoms. The molecule has 2 heterocycles. The number of aromatic nitrogens is 4. The van der Waals surface area contributed by atoms with Gasteiger partial charge in [-0.15, -0.1) is 0 Å². The number of urea groups is 1. The Kier molecular flexibility index (Phi) is 10.1. The lowest BCUT2D eigenvalue weighted by molar-refractivity contribution is -0.119. The summed E-state index contributed by atoms with van der Waals surface area (Å²) in [6.45, 7) is 3.97. The van der Waals surface area contributed by atoms with Crippen LogP contribution < -0.4 is 20.7 Å². The fourth-order valence-corrected chi connectivity index (χ4v) is 4.13. The van der Waals surface area contributed by atoms with E-state index < -0.39 is 11.9 Å². The van der Waals surface area contributed by atoms with Gasteiger partial charge >= 0.3 is 6.03 Å². The number of aryl methyl sites for hydroxylation is 2. The van der Waals surface area contributed by atoms with E-state index in [1.54, 1.807) is 10.7 Å². The zero-order valence-corrected chi connectivity index (χ0v) is 24.2. The van der Waals surface area contributed by atoms with Crippen LogP contribution in [0.15, 0.2) is 54.7 Å². The topological polar surface area (TPSA) is 132 Å². The van der Waals surface area contributed by atoms with E-state index in [4.69, 9.17) is 37.8 Å². The van der Waals surface area contributed by atoms with Crippen LogP contribution in [-0.4, -0.2) is 45.4 Å². The van der Waals surface area contributed by atoms with Crippen LogP contribution in [0.25, 0.3) is 5.69 Å². The fourth-order valence-electron chi connectivity index (χ4n) is 3.72. The van der Waals surface area contributed by atoms with Gasteiger partial charge in [0.15, 0.2) is 0 Å². The average molecular weight is 598 g/mol. The fraction of sp³-hybridized carbons (Fsp3) is 0.250. The highest BCUT2D eigenvalue weighted by molar-refractivity contribution is 6.45. The molecule has 4 rings (SSSR count). The summed E-state index contributed by atoms with van der Waals surface area (Å²) in [5.41, 5.74) is 3.08. The van der Waals surface area contributed by atoms with Gasteiger partial charge < -0.3 is 14.8 Å². The van der Waals surface area contributed by atoms with Crippen molar-refractivity contribution in [3.63, 3.8) is 0 Å². The van der Waals surface area contributed by atoms with Crippen LogP contribution in [0.3, 0.4) is 0 Å². The van der Waals surface area contributed by atoms with Crippen LogP contribution >= 0.6 is 23.2 Å². The Morgan fingerprint density at radius 3 is 2.51 bits per heavy atom. The first-order valence-electron chi connectivity index (χ1n) is 12.8. The zero-order valence-electron chi connectivity index (χ0n) is 22.7.